The molecule has 0 amide bonds. The highest BCUT2D eigenvalue weighted by molar-refractivity contribution is 5.90. The highest BCUT2D eigenvalue weighted by Gasteiger charge is 2.17. The van der Waals surface area contributed by atoms with E-state index in [0.717, 1.165) is 24.1 Å². The molecule has 1 aromatic heterocycles. The molecular weight excluding hydrogens is 366 g/mol. The molecule has 150 valence electrons. The summed E-state index contributed by atoms with van der Waals surface area (Å²) in [6, 6.07) is 17.9. The van der Waals surface area contributed by atoms with E-state index in [9.17, 15) is 4.79 Å². The quantitative estimate of drug-likeness (QED) is 0.434. The standard InChI is InChI=1S/C24H26NO4/c1-27-22-12-10-18(15-23(22)28-2)9-11-20-17-25(14-13-21(20)24(26)29-3)16-19-7-5-4-6-8-19/h4-8,10,12-15,17H,9,11,16H2,1-3H3/q+1. The van der Waals surface area contributed by atoms with Crippen LogP contribution in [0, 0.1) is 0 Å². The van der Waals surface area contributed by atoms with Crippen LogP contribution in [0.2, 0.25) is 0 Å². The van der Waals surface area contributed by atoms with E-state index in [2.05, 4.69) is 16.7 Å². The van der Waals surface area contributed by atoms with E-state index in [-0.39, 0.29) is 5.97 Å². The second kappa shape index (κ2) is 9.73. The molecule has 3 rings (SSSR count). The maximum Gasteiger partial charge on any atom is 0.338 e. The van der Waals surface area contributed by atoms with Crippen molar-refractivity contribution in [2.45, 2.75) is 19.4 Å². The second-order valence-corrected chi connectivity index (χ2v) is 6.72. The maximum absolute atomic E-state index is 12.2. The Labute approximate surface area is 171 Å². The van der Waals surface area contributed by atoms with E-state index >= 15 is 0 Å². The first-order valence-corrected chi connectivity index (χ1v) is 9.49. The summed E-state index contributed by atoms with van der Waals surface area (Å²) in [6.45, 7) is 0.742. The average Bonchev–Trinajstić information content (AvgIpc) is 2.77. The molecule has 5 nitrogen and oxygen atoms in total. The van der Waals surface area contributed by atoms with Gasteiger partial charge in [-0.05, 0) is 30.5 Å². The fraction of sp³-hybridized carbons (Fsp3) is 0.250. The predicted molar refractivity (Wildman–Crippen MR) is 110 cm³/mol. The van der Waals surface area contributed by atoms with Crippen LogP contribution in [0.4, 0.5) is 0 Å². The number of hydrogen-bond acceptors (Lipinski definition) is 4. The lowest BCUT2D eigenvalue weighted by Crippen LogP contribution is -2.35. The normalized spacial score (nSPS) is 10.4. The monoisotopic (exact) mass is 392 g/mol. The summed E-state index contributed by atoms with van der Waals surface area (Å²) in [5, 5.41) is 0. The first-order chi connectivity index (χ1) is 14.1. The molecule has 0 spiro atoms. The third-order valence-electron chi connectivity index (χ3n) is 4.84. The molecular formula is C24H26NO4+. The highest BCUT2D eigenvalue weighted by atomic mass is 16.5. The lowest BCUT2D eigenvalue weighted by Gasteiger charge is -2.10. The van der Waals surface area contributed by atoms with Crippen LogP contribution < -0.4 is 14.0 Å². The van der Waals surface area contributed by atoms with Crippen LogP contribution in [-0.2, 0) is 24.1 Å². The van der Waals surface area contributed by atoms with Gasteiger partial charge in [-0.25, -0.2) is 9.36 Å². The first-order valence-electron chi connectivity index (χ1n) is 9.49. The fourth-order valence-corrected chi connectivity index (χ4v) is 3.31. The molecule has 0 radical (unpaired) electrons. The molecule has 0 saturated carbocycles. The molecule has 0 bridgehead atoms. The number of carbonyl (C=O) groups is 1. The Hall–Kier alpha value is -3.34. The summed E-state index contributed by atoms with van der Waals surface area (Å²) in [5.74, 6) is 1.08. The molecule has 0 N–H and O–H groups in total. The molecule has 1 heterocycles. The van der Waals surface area contributed by atoms with E-state index in [1.165, 1.54) is 12.7 Å². The largest absolute Gasteiger partial charge is 0.493 e. The van der Waals surface area contributed by atoms with Gasteiger partial charge in [0.15, 0.2) is 30.4 Å². The zero-order chi connectivity index (χ0) is 20.6. The van der Waals surface area contributed by atoms with E-state index in [1.807, 2.05) is 54.9 Å². The van der Waals surface area contributed by atoms with Crippen molar-refractivity contribution >= 4 is 5.97 Å². The lowest BCUT2D eigenvalue weighted by molar-refractivity contribution is -0.688. The van der Waals surface area contributed by atoms with Crippen molar-refractivity contribution in [2.24, 2.45) is 0 Å². The summed E-state index contributed by atoms with van der Waals surface area (Å²) >= 11 is 0. The molecule has 0 aliphatic rings. The molecule has 3 aromatic rings. The van der Waals surface area contributed by atoms with Crippen LogP contribution in [0.25, 0.3) is 0 Å². The number of aryl methyl sites for hydroxylation is 2. The van der Waals surface area contributed by atoms with Crippen molar-refractivity contribution < 1.29 is 23.6 Å². The third-order valence-corrected chi connectivity index (χ3v) is 4.84. The molecule has 0 aliphatic carbocycles. The summed E-state index contributed by atoms with van der Waals surface area (Å²) in [4.78, 5) is 12.2. The van der Waals surface area contributed by atoms with Gasteiger partial charge in [-0.1, -0.05) is 36.4 Å². The van der Waals surface area contributed by atoms with E-state index in [0.29, 0.717) is 23.5 Å². The Balaban J connectivity index is 1.83. The number of ether oxygens (including phenoxy) is 3. The Morgan fingerprint density at radius 2 is 1.62 bits per heavy atom. The van der Waals surface area contributed by atoms with Crippen molar-refractivity contribution in [1.82, 2.24) is 0 Å². The van der Waals surface area contributed by atoms with Gasteiger partial charge >= 0.3 is 5.97 Å². The minimum absolute atomic E-state index is 0.320. The lowest BCUT2D eigenvalue weighted by atomic mass is 10.0. The number of esters is 1. The average molecular weight is 392 g/mol. The molecule has 29 heavy (non-hydrogen) atoms. The van der Waals surface area contributed by atoms with Gasteiger partial charge in [0, 0.05) is 17.2 Å². The Bertz CT molecular complexity index is 970. The van der Waals surface area contributed by atoms with Crippen LogP contribution in [0.3, 0.4) is 0 Å². The third kappa shape index (κ3) is 5.13. The molecule has 0 atom stereocenters. The van der Waals surface area contributed by atoms with Gasteiger partial charge in [0.25, 0.3) is 0 Å². The molecule has 0 unspecified atom stereocenters. The number of carbonyl (C=O) groups excluding carboxylic acids is 1. The number of rotatable bonds is 8. The summed E-state index contributed by atoms with van der Waals surface area (Å²) in [6.07, 6.45) is 5.41. The fourth-order valence-electron chi connectivity index (χ4n) is 3.31. The number of nitrogens with zero attached hydrogens (tertiary/aromatic N) is 1. The van der Waals surface area contributed by atoms with E-state index < -0.39 is 0 Å². The van der Waals surface area contributed by atoms with Crippen LogP contribution >= 0.6 is 0 Å². The summed E-state index contributed by atoms with van der Waals surface area (Å²) in [5.41, 5.74) is 3.86. The second-order valence-electron chi connectivity index (χ2n) is 6.72. The minimum atomic E-state index is -0.320. The van der Waals surface area contributed by atoms with Gasteiger partial charge in [0.2, 0.25) is 0 Å². The highest BCUT2D eigenvalue weighted by Crippen LogP contribution is 2.28. The van der Waals surface area contributed by atoms with Gasteiger partial charge in [-0.3, -0.25) is 0 Å². The first kappa shape index (κ1) is 20.4. The van der Waals surface area contributed by atoms with Gasteiger partial charge in [0.05, 0.1) is 26.9 Å². The zero-order valence-electron chi connectivity index (χ0n) is 17.1. The molecule has 5 heteroatoms. The molecule has 2 aromatic carbocycles. The number of pyridine rings is 1. The minimum Gasteiger partial charge on any atom is -0.493 e. The number of methoxy groups -OCH3 is 3. The molecule has 0 saturated heterocycles. The van der Waals surface area contributed by atoms with Crippen molar-refractivity contribution in [3.63, 3.8) is 0 Å². The number of benzene rings is 2. The Kier molecular flexibility index (Phi) is 6.85. The van der Waals surface area contributed by atoms with Crippen molar-refractivity contribution in [3.05, 3.63) is 89.2 Å². The number of hydrogen-bond donors (Lipinski definition) is 0. The smallest absolute Gasteiger partial charge is 0.338 e. The van der Waals surface area contributed by atoms with E-state index in [1.54, 1.807) is 14.2 Å². The van der Waals surface area contributed by atoms with Crippen molar-refractivity contribution in [3.8, 4) is 11.5 Å². The molecule has 0 aliphatic heterocycles. The summed E-state index contributed by atoms with van der Waals surface area (Å²) < 4.78 is 17.8. The Morgan fingerprint density at radius 1 is 0.862 bits per heavy atom. The van der Waals surface area contributed by atoms with Gasteiger partial charge in [-0.2, -0.15) is 0 Å². The summed E-state index contributed by atoms with van der Waals surface area (Å²) in [7, 11) is 4.65. The van der Waals surface area contributed by atoms with Crippen molar-refractivity contribution in [2.75, 3.05) is 21.3 Å². The zero-order valence-corrected chi connectivity index (χ0v) is 17.1. The SMILES string of the molecule is COC(=O)c1cc[n+](Cc2ccccc2)cc1CCc1ccc(OC)c(OC)c1. The maximum atomic E-state index is 12.2. The predicted octanol–water partition coefficient (Wildman–Crippen LogP) is 3.61. The number of aromatic nitrogens is 1. The van der Waals surface area contributed by atoms with Crippen LogP contribution in [0.1, 0.15) is 27.0 Å². The van der Waals surface area contributed by atoms with Crippen molar-refractivity contribution in [1.29, 1.82) is 0 Å². The topological polar surface area (TPSA) is 48.6 Å². The van der Waals surface area contributed by atoms with Crippen LogP contribution in [0.15, 0.2) is 67.0 Å². The van der Waals surface area contributed by atoms with Crippen LogP contribution in [-0.4, -0.2) is 27.3 Å². The Morgan fingerprint density at radius 3 is 2.31 bits per heavy atom. The molecule has 0 fully saturated rings. The van der Waals surface area contributed by atoms with Gasteiger partial charge in [-0.15, -0.1) is 0 Å². The van der Waals surface area contributed by atoms with Crippen LogP contribution in [0.5, 0.6) is 11.5 Å². The van der Waals surface area contributed by atoms with E-state index in [4.69, 9.17) is 14.2 Å². The van der Waals surface area contributed by atoms with Gasteiger partial charge < -0.3 is 14.2 Å². The van der Waals surface area contributed by atoms with Gasteiger partial charge in [0.1, 0.15) is 0 Å².